The van der Waals surface area contributed by atoms with E-state index in [-0.39, 0.29) is 5.56 Å². The van der Waals surface area contributed by atoms with Crippen molar-refractivity contribution in [1.29, 1.82) is 0 Å². The lowest BCUT2D eigenvalue weighted by Crippen LogP contribution is -2.30. The molecule has 6 nitrogen and oxygen atoms in total. The Labute approximate surface area is 128 Å². The number of halogens is 3. The molecule has 2 rings (SSSR count). The van der Waals surface area contributed by atoms with E-state index in [1.165, 1.54) is 31.2 Å². The van der Waals surface area contributed by atoms with Gasteiger partial charge in [-0.1, -0.05) is 0 Å². The summed E-state index contributed by atoms with van der Waals surface area (Å²) in [6, 6.07) is 6.34. The summed E-state index contributed by atoms with van der Waals surface area (Å²) in [5, 5.41) is 3.41. The lowest BCUT2D eigenvalue weighted by molar-refractivity contribution is -0.141. The second-order valence-electron chi connectivity index (χ2n) is 4.64. The van der Waals surface area contributed by atoms with Crippen LogP contribution in [0, 0.1) is 0 Å². The number of esters is 1. The third-order valence-corrected chi connectivity index (χ3v) is 2.93. The molecule has 0 bridgehead atoms. The van der Waals surface area contributed by atoms with E-state index >= 15 is 0 Å². The lowest BCUT2D eigenvalue weighted by Gasteiger charge is -2.10. The van der Waals surface area contributed by atoms with Gasteiger partial charge in [-0.05, 0) is 37.3 Å². The molecule has 1 aromatic carbocycles. The summed E-state index contributed by atoms with van der Waals surface area (Å²) >= 11 is 0. The molecule has 122 valence electrons. The number of carbonyl (C=O) groups is 2. The number of nitrogens with zero attached hydrogens (tertiary/aromatic N) is 2. The number of ether oxygens (including phenoxy) is 1. The highest BCUT2D eigenvalue weighted by Crippen LogP contribution is 2.27. The maximum atomic E-state index is 12.5. The molecule has 0 fully saturated rings. The average molecular weight is 327 g/mol. The number of hydrogen-bond donors (Lipinski definition) is 1. The topological polar surface area (TPSA) is 87.2 Å². The van der Waals surface area contributed by atoms with Gasteiger partial charge in [-0.25, -0.2) is 9.48 Å². The fourth-order valence-corrected chi connectivity index (χ4v) is 1.66. The summed E-state index contributed by atoms with van der Waals surface area (Å²) in [4.78, 5) is 22.6. The number of nitrogens with two attached hydrogens (primary N) is 1. The Kier molecular flexibility index (Phi) is 4.39. The minimum absolute atomic E-state index is 0.130. The van der Waals surface area contributed by atoms with Crippen molar-refractivity contribution in [3.8, 4) is 5.69 Å². The Morgan fingerprint density at radius 3 is 2.30 bits per heavy atom. The molecule has 0 saturated carbocycles. The van der Waals surface area contributed by atoms with Gasteiger partial charge in [-0.15, -0.1) is 0 Å². The van der Waals surface area contributed by atoms with Crippen molar-refractivity contribution in [2.75, 3.05) is 0 Å². The van der Waals surface area contributed by atoms with Crippen LogP contribution in [0.2, 0.25) is 0 Å². The van der Waals surface area contributed by atoms with Crippen molar-refractivity contribution < 1.29 is 27.5 Å². The van der Waals surface area contributed by atoms with Crippen molar-refractivity contribution in [2.45, 2.75) is 19.2 Å². The Morgan fingerprint density at radius 2 is 1.83 bits per heavy atom. The van der Waals surface area contributed by atoms with Gasteiger partial charge < -0.3 is 10.5 Å². The molecule has 0 saturated heterocycles. The second kappa shape index (κ2) is 6.11. The summed E-state index contributed by atoms with van der Waals surface area (Å²) in [6.07, 6.45) is -4.45. The Bertz CT molecular complexity index is 723. The molecule has 1 heterocycles. The van der Waals surface area contributed by atoms with Crippen LogP contribution in [0.15, 0.2) is 36.5 Å². The van der Waals surface area contributed by atoms with Crippen LogP contribution < -0.4 is 5.73 Å². The van der Waals surface area contributed by atoms with E-state index in [0.29, 0.717) is 5.69 Å². The molecule has 1 atom stereocenters. The minimum atomic E-state index is -4.53. The van der Waals surface area contributed by atoms with Gasteiger partial charge in [0.25, 0.3) is 5.91 Å². The number of benzene rings is 1. The van der Waals surface area contributed by atoms with Gasteiger partial charge in [0.2, 0.25) is 0 Å². The van der Waals surface area contributed by atoms with Crippen LogP contribution in [0.4, 0.5) is 13.2 Å². The number of amides is 1. The summed E-state index contributed by atoms with van der Waals surface area (Å²) in [7, 11) is 0. The molecule has 0 radical (unpaired) electrons. The monoisotopic (exact) mass is 327 g/mol. The third kappa shape index (κ3) is 3.87. The van der Waals surface area contributed by atoms with Crippen molar-refractivity contribution >= 4 is 11.9 Å². The second-order valence-corrected chi connectivity index (χ2v) is 4.64. The summed E-state index contributed by atoms with van der Waals surface area (Å²) in [5.41, 5.74) is 4.43. The van der Waals surface area contributed by atoms with E-state index in [4.69, 9.17) is 10.5 Å². The first-order valence-corrected chi connectivity index (χ1v) is 6.42. The van der Waals surface area contributed by atoms with Crippen molar-refractivity contribution in [3.63, 3.8) is 0 Å². The van der Waals surface area contributed by atoms with E-state index < -0.39 is 29.9 Å². The molecule has 0 aliphatic carbocycles. The predicted molar refractivity (Wildman–Crippen MR) is 72.6 cm³/mol. The largest absolute Gasteiger partial charge is 0.449 e. The first-order chi connectivity index (χ1) is 10.7. The van der Waals surface area contributed by atoms with Crippen molar-refractivity contribution in [1.82, 2.24) is 9.78 Å². The van der Waals surface area contributed by atoms with Gasteiger partial charge in [0.1, 0.15) is 0 Å². The average Bonchev–Trinajstić information content (AvgIpc) is 2.97. The molecule has 1 amide bonds. The zero-order valence-corrected chi connectivity index (χ0v) is 11.9. The lowest BCUT2D eigenvalue weighted by atomic mass is 10.2. The van der Waals surface area contributed by atoms with Gasteiger partial charge in [0.15, 0.2) is 11.8 Å². The van der Waals surface area contributed by atoms with E-state index in [1.54, 1.807) is 0 Å². The number of carbonyl (C=O) groups excluding carboxylic acids is 2. The summed E-state index contributed by atoms with van der Waals surface area (Å²) in [5.74, 6) is -1.55. The third-order valence-electron chi connectivity index (χ3n) is 2.93. The molecular weight excluding hydrogens is 315 g/mol. The van der Waals surface area contributed by atoms with Crippen LogP contribution in [-0.4, -0.2) is 27.8 Å². The van der Waals surface area contributed by atoms with Gasteiger partial charge >= 0.3 is 12.1 Å². The number of alkyl halides is 3. The maximum absolute atomic E-state index is 12.5. The highest BCUT2D eigenvalue weighted by atomic mass is 19.4. The Hall–Kier alpha value is -2.84. The summed E-state index contributed by atoms with van der Waals surface area (Å²) in [6.45, 7) is 1.33. The molecule has 1 aromatic heterocycles. The molecule has 23 heavy (non-hydrogen) atoms. The van der Waals surface area contributed by atoms with E-state index in [1.807, 2.05) is 0 Å². The predicted octanol–water partition coefficient (Wildman–Crippen LogP) is 1.92. The molecule has 2 aromatic rings. The first-order valence-electron chi connectivity index (χ1n) is 6.42. The summed E-state index contributed by atoms with van der Waals surface area (Å²) < 4.78 is 43.3. The minimum Gasteiger partial charge on any atom is -0.449 e. The van der Waals surface area contributed by atoms with Crippen LogP contribution in [0.25, 0.3) is 5.69 Å². The van der Waals surface area contributed by atoms with Crippen LogP contribution in [-0.2, 0) is 15.7 Å². The fraction of sp³-hybridized carbons (Fsp3) is 0.214. The fourth-order valence-electron chi connectivity index (χ4n) is 1.66. The first kappa shape index (κ1) is 16.5. The van der Waals surface area contributed by atoms with Crippen LogP contribution in [0.1, 0.15) is 23.0 Å². The molecule has 0 aliphatic rings. The van der Waals surface area contributed by atoms with Gasteiger partial charge in [-0.2, -0.15) is 18.3 Å². The quantitative estimate of drug-likeness (QED) is 0.869. The number of rotatable bonds is 4. The van der Waals surface area contributed by atoms with Crippen molar-refractivity contribution in [2.24, 2.45) is 5.73 Å². The highest BCUT2D eigenvalue weighted by molar-refractivity contribution is 5.92. The van der Waals surface area contributed by atoms with Gasteiger partial charge in [0, 0.05) is 6.20 Å². The normalized spacial score (nSPS) is 12.7. The number of hydrogen-bond acceptors (Lipinski definition) is 4. The van der Waals surface area contributed by atoms with Crippen LogP contribution in [0.3, 0.4) is 0 Å². The van der Waals surface area contributed by atoms with Gasteiger partial charge in [0.05, 0.1) is 11.3 Å². The number of aromatic nitrogens is 2. The smallest absolute Gasteiger partial charge is 0.435 e. The molecule has 9 heteroatoms. The number of primary amides is 1. The Morgan fingerprint density at radius 1 is 1.22 bits per heavy atom. The maximum Gasteiger partial charge on any atom is 0.435 e. The van der Waals surface area contributed by atoms with Crippen molar-refractivity contribution in [3.05, 3.63) is 47.8 Å². The van der Waals surface area contributed by atoms with Crippen LogP contribution in [0.5, 0.6) is 0 Å². The molecule has 1 unspecified atom stereocenters. The van der Waals surface area contributed by atoms with E-state index in [0.717, 1.165) is 16.9 Å². The SMILES string of the molecule is CC(OC(=O)c1ccc(-n2ccc(C(F)(F)F)n2)cc1)C(N)=O. The molecule has 2 N–H and O–H groups in total. The zero-order chi connectivity index (χ0) is 17.2. The zero-order valence-electron chi connectivity index (χ0n) is 11.9. The van der Waals surface area contributed by atoms with E-state index in [9.17, 15) is 22.8 Å². The molecular formula is C14H12F3N3O3. The molecule has 0 spiro atoms. The highest BCUT2D eigenvalue weighted by Gasteiger charge is 2.33. The van der Waals surface area contributed by atoms with Crippen LogP contribution >= 0.6 is 0 Å². The molecule has 0 aliphatic heterocycles. The Balaban J connectivity index is 2.15. The van der Waals surface area contributed by atoms with E-state index in [2.05, 4.69) is 5.10 Å². The van der Waals surface area contributed by atoms with Gasteiger partial charge in [-0.3, -0.25) is 4.79 Å². The standard InChI is InChI=1S/C14H12F3N3O3/c1-8(12(18)21)23-13(22)9-2-4-10(5-3-9)20-7-6-11(19-20)14(15,16)17/h2-8H,1H3,(H2,18,21).